The zero-order valence-electron chi connectivity index (χ0n) is 14.9. The molecule has 1 aliphatic rings. The molecular weight excluding hydrogens is 310 g/mol. The summed E-state index contributed by atoms with van der Waals surface area (Å²) in [6.45, 7) is 3.91. The summed E-state index contributed by atoms with van der Waals surface area (Å²) in [5, 5.41) is 2.99. The number of nitrogens with two attached hydrogens (primary N) is 1. The van der Waals surface area contributed by atoms with Gasteiger partial charge in [0, 0.05) is 24.5 Å². The maximum atomic E-state index is 12.7. The molecule has 0 bridgehead atoms. The van der Waals surface area contributed by atoms with E-state index in [0.29, 0.717) is 0 Å². The number of benzene rings is 2. The van der Waals surface area contributed by atoms with Gasteiger partial charge in [-0.2, -0.15) is 0 Å². The first-order valence-electron chi connectivity index (χ1n) is 9.08. The number of carbonyl (C=O) groups excluding carboxylic acids is 1. The fourth-order valence-electron chi connectivity index (χ4n) is 3.29. The Morgan fingerprint density at radius 2 is 1.68 bits per heavy atom. The van der Waals surface area contributed by atoms with Crippen molar-refractivity contribution in [1.82, 2.24) is 0 Å². The maximum absolute atomic E-state index is 12.7. The smallest absolute Gasteiger partial charge is 0.248 e. The molecule has 4 heteroatoms. The minimum absolute atomic E-state index is 0.202. The molecule has 1 unspecified atom stereocenters. The number of carbonyl (C=O) groups is 1. The lowest BCUT2D eigenvalue weighted by atomic mass is 9.92. The van der Waals surface area contributed by atoms with Gasteiger partial charge in [-0.25, -0.2) is 0 Å². The predicted octanol–water partition coefficient (Wildman–Crippen LogP) is 3.88. The van der Waals surface area contributed by atoms with Crippen LogP contribution in [-0.4, -0.2) is 19.0 Å². The number of hydrogen-bond acceptors (Lipinski definition) is 3. The van der Waals surface area contributed by atoms with Gasteiger partial charge in [-0.15, -0.1) is 0 Å². The van der Waals surface area contributed by atoms with Crippen LogP contribution in [0.15, 0.2) is 54.6 Å². The van der Waals surface area contributed by atoms with Crippen molar-refractivity contribution < 1.29 is 4.79 Å². The number of amides is 1. The van der Waals surface area contributed by atoms with Gasteiger partial charge < -0.3 is 16.0 Å². The lowest BCUT2D eigenvalue weighted by Crippen LogP contribution is -2.45. The fourth-order valence-corrected chi connectivity index (χ4v) is 3.29. The summed E-state index contributed by atoms with van der Waals surface area (Å²) in [5.41, 5.74) is 8.00. The third-order valence-electron chi connectivity index (χ3n) is 4.92. The van der Waals surface area contributed by atoms with E-state index in [9.17, 15) is 4.79 Å². The Balaban J connectivity index is 1.74. The number of nitrogens with one attached hydrogen (secondary N) is 1. The van der Waals surface area contributed by atoms with Gasteiger partial charge in [0.2, 0.25) is 5.91 Å². The van der Waals surface area contributed by atoms with Crippen LogP contribution in [0.4, 0.5) is 11.4 Å². The topological polar surface area (TPSA) is 58.4 Å². The number of rotatable bonds is 4. The molecule has 0 saturated carbocycles. The maximum Gasteiger partial charge on any atom is 0.248 e. The molecule has 0 aliphatic carbocycles. The van der Waals surface area contributed by atoms with E-state index in [4.69, 9.17) is 5.73 Å². The highest BCUT2D eigenvalue weighted by Crippen LogP contribution is 2.25. The van der Waals surface area contributed by atoms with E-state index in [1.807, 2.05) is 48.5 Å². The fraction of sp³-hybridized carbons (Fsp3) is 0.381. The molecule has 2 aromatic rings. The van der Waals surface area contributed by atoms with Crippen LogP contribution >= 0.6 is 0 Å². The Kier molecular flexibility index (Phi) is 5.39. The van der Waals surface area contributed by atoms with Crippen LogP contribution in [0.5, 0.6) is 0 Å². The van der Waals surface area contributed by atoms with Gasteiger partial charge in [0.05, 0.1) is 0 Å². The van der Waals surface area contributed by atoms with Gasteiger partial charge in [0.1, 0.15) is 5.54 Å². The zero-order valence-corrected chi connectivity index (χ0v) is 14.9. The van der Waals surface area contributed by atoms with E-state index >= 15 is 0 Å². The van der Waals surface area contributed by atoms with E-state index in [2.05, 4.69) is 16.3 Å². The normalized spacial score (nSPS) is 17.4. The quantitative estimate of drug-likeness (QED) is 0.890. The Morgan fingerprint density at radius 3 is 2.36 bits per heavy atom. The molecule has 132 valence electrons. The van der Waals surface area contributed by atoms with Crippen molar-refractivity contribution in [3.63, 3.8) is 0 Å². The first-order valence-corrected chi connectivity index (χ1v) is 9.08. The van der Waals surface area contributed by atoms with E-state index in [-0.39, 0.29) is 5.91 Å². The molecular formula is C21H27N3O. The summed E-state index contributed by atoms with van der Waals surface area (Å²) in [6.07, 6.45) is 5.06. The summed E-state index contributed by atoms with van der Waals surface area (Å²) >= 11 is 0. The first kappa shape index (κ1) is 17.5. The molecule has 0 radical (unpaired) electrons. The van der Waals surface area contributed by atoms with E-state index in [0.717, 1.165) is 30.0 Å². The molecule has 1 saturated heterocycles. The Bertz CT molecular complexity index is 704. The molecule has 2 aromatic carbocycles. The van der Waals surface area contributed by atoms with E-state index in [1.54, 1.807) is 6.92 Å². The van der Waals surface area contributed by atoms with Crippen molar-refractivity contribution in [2.24, 2.45) is 5.73 Å². The molecule has 25 heavy (non-hydrogen) atoms. The van der Waals surface area contributed by atoms with Crippen molar-refractivity contribution in [3.8, 4) is 0 Å². The number of hydrogen-bond donors (Lipinski definition) is 2. The monoisotopic (exact) mass is 337 g/mol. The second-order valence-electron chi connectivity index (χ2n) is 6.97. The Morgan fingerprint density at radius 1 is 1.00 bits per heavy atom. The molecule has 1 amide bonds. The van der Waals surface area contributed by atoms with Crippen LogP contribution in [0.3, 0.4) is 0 Å². The molecule has 0 spiro atoms. The average molecular weight is 337 g/mol. The number of anilines is 2. The van der Waals surface area contributed by atoms with Crippen molar-refractivity contribution >= 4 is 17.3 Å². The molecule has 1 aliphatic heterocycles. The van der Waals surface area contributed by atoms with Crippen LogP contribution < -0.4 is 16.0 Å². The minimum Gasteiger partial charge on any atom is -0.371 e. The summed E-state index contributed by atoms with van der Waals surface area (Å²) in [4.78, 5) is 15.1. The standard InChI is InChI=1S/C21H27N3O/c1-21(22,17-10-5-4-6-11-17)20(25)23-18-12-9-13-19(16-18)24-14-7-2-3-8-15-24/h4-6,9-13,16H,2-3,7-8,14-15,22H2,1H3,(H,23,25). The zero-order chi connectivity index (χ0) is 17.7. The molecule has 3 N–H and O–H groups in total. The van der Waals surface area contributed by atoms with Gasteiger partial charge in [-0.3, -0.25) is 4.79 Å². The highest BCUT2D eigenvalue weighted by Gasteiger charge is 2.30. The van der Waals surface area contributed by atoms with Gasteiger partial charge >= 0.3 is 0 Å². The van der Waals surface area contributed by atoms with E-state index < -0.39 is 5.54 Å². The second-order valence-corrected chi connectivity index (χ2v) is 6.97. The Hall–Kier alpha value is -2.33. The highest BCUT2D eigenvalue weighted by molar-refractivity contribution is 5.98. The third kappa shape index (κ3) is 4.20. The second kappa shape index (κ2) is 7.70. The van der Waals surface area contributed by atoms with Crippen LogP contribution in [0.2, 0.25) is 0 Å². The van der Waals surface area contributed by atoms with Gasteiger partial charge in [-0.1, -0.05) is 49.2 Å². The van der Waals surface area contributed by atoms with Crippen LogP contribution in [0.1, 0.15) is 38.2 Å². The van der Waals surface area contributed by atoms with Crippen molar-refractivity contribution in [3.05, 3.63) is 60.2 Å². The largest absolute Gasteiger partial charge is 0.371 e. The van der Waals surface area contributed by atoms with Crippen LogP contribution in [0, 0.1) is 0 Å². The minimum atomic E-state index is -1.07. The SMILES string of the molecule is CC(N)(C(=O)Nc1cccc(N2CCCCCC2)c1)c1ccccc1. The van der Waals surface area contributed by atoms with Crippen molar-refractivity contribution in [1.29, 1.82) is 0 Å². The molecule has 1 atom stereocenters. The summed E-state index contributed by atoms with van der Waals surface area (Å²) < 4.78 is 0. The molecule has 1 fully saturated rings. The molecule has 3 rings (SSSR count). The summed E-state index contributed by atoms with van der Waals surface area (Å²) in [7, 11) is 0. The van der Waals surface area contributed by atoms with E-state index in [1.165, 1.54) is 25.7 Å². The summed E-state index contributed by atoms with van der Waals surface area (Å²) in [6, 6.07) is 17.5. The lowest BCUT2D eigenvalue weighted by Gasteiger charge is -2.26. The molecule has 4 nitrogen and oxygen atoms in total. The average Bonchev–Trinajstić information content (AvgIpc) is 2.92. The summed E-state index contributed by atoms with van der Waals surface area (Å²) in [5.74, 6) is -0.202. The lowest BCUT2D eigenvalue weighted by molar-refractivity contribution is -0.120. The van der Waals surface area contributed by atoms with Crippen molar-refractivity contribution in [2.75, 3.05) is 23.3 Å². The first-order chi connectivity index (χ1) is 12.1. The molecule has 0 aromatic heterocycles. The Labute approximate surface area is 150 Å². The van der Waals surface area contributed by atoms with Crippen molar-refractivity contribution in [2.45, 2.75) is 38.1 Å². The van der Waals surface area contributed by atoms with Gasteiger partial charge in [0.15, 0.2) is 0 Å². The third-order valence-corrected chi connectivity index (χ3v) is 4.92. The van der Waals surface area contributed by atoms with Crippen LogP contribution in [-0.2, 0) is 10.3 Å². The predicted molar refractivity (Wildman–Crippen MR) is 104 cm³/mol. The van der Waals surface area contributed by atoms with Gasteiger partial charge in [-0.05, 0) is 43.5 Å². The number of nitrogens with zero attached hydrogens (tertiary/aromatic N) is 1. The highest BCUT2D eigenvalue weighted by atomic mass is 16.2. The molecule has 1 heterocycles. The van der Waals surface area contributed by atoms with Gasteiger partial charge in [0.25, 0.3) is 0 Å². The van der Waals surface area contributed by atoms with Crippen LogP contribution in [0.25, 0.3) is 0 Å².